The van der Waals surface area contributed by atoms with Crippen molar-refractivity contribution in [2.75, 3.05) is 0 Å². The summed E-state index contributed by atoms with van der Waals surface area (Å²) in [6.07, 6.45) is 3.50. The topological polar surface area (TPSA) is 34.5 Å². The minimum Gasteiger partial charge on any atom is -0.391 e. The normalized spacial score (nSPS) is 9.17. The van der Waals surface area contributed by atoms with Gasteiger partial charge in [-0.25, -0.2) is 0 Å². The molecule has 1 heterocycles. The molecule has 0 saturated carbocycles. The first kappa shape index (κ1) is 8.71. The molecule has 3 nitrogen and oxygen atoms in total. The highest BCUT2D eigenvalue weighted by atomic mass is 16.6. The molecule has 0 aliphatic heterocycles. The van der Waals surface area contributed by atoms with E-state index in [4.69, 9.17) is 4.84 Å². The molecule has 0 atom stereocenters. The Bertz CT molecular complexity index is 252. The van der Waals surface area contributed by atoms with Crippen LogP contribution < -0.4 is 0 Å². The zero-order valence-corrected chi connectivity index (χ0v) is 7.32. The van der Waals surface area contributed by atoms with Crippen LogP contribution in [0.3, 0.4) is 0 Å². The van der Waals surface area contributed by atoms with Gasteiger partial charge in [0.1, 0.15) is 6.61 Å². The van der Waals surface area contributed by atoms with E-state index in [1.165, 1.54) is 0 Å². The fourth-order valence-electron chi connectivity index (χ4n) is 0.719. The van der Waals surface area contributed by atoms with Gasteiger partial charge in [0.2, 0.25) is 0 Å². The predicted molar refractivity (Wildman–Crippen MR) is 47.8 cm³/mol. The molecule has 0 radical (unpaired) electrons. The van der Waals surface area contributed by atoms with Gasteiger partial charge in [0.15, 0.2) is 0 Å². The molecule has 64 valence electrons. The summed E-state index contributed by atoms with van der Waals surface area (Å²) >= 11 is 0. The minimum atomic E-state index is 0.485. The molecular weight excluding hydrogens is 152 g/mol. The first-order chi connectivity index (χ1) is 5.79. The third kappa shape index (κ3) is 3.14. The maximum absolute atomic E-state index is 5.03. The highest BCUT2D eigenvalue weighted by Gasteiger charge is 1.89. The fraction of sp³-hybridized carbons (Fsp3) is 0.333. The Morgan fingerprint density at radius 1 is 1.58 bits per heavy atom. The summed E-state index contributed by atoms with van der Waals surface area (Å²) in [6.45, 7) is 4.27. The molecule has 0 fully saturated rings. The SMILES string of the molecule is CC(C)=NOCc1cccnc1. The van der Waals surface area contributed by atoms with E-state index in [0.717, 1.165) is 11.3 Å². The largest absolute Gasteiger partial charge is 0.391 e. The highest BCUT2D eigenvalue weighted by molar-refractivity contribution is 5.78. The van der Waals surface area contributed by atoms with Crippen LogP contribution in [-0.4, -0.2) is 10.7 Å². The number of rotatable bonds is 3. The number of hydrogen-bond acceptors (Lipinski definition) is 3. The fourth-order valence-corrected chi connectivity index (χ4v) is 0.719. The van der Waals surface area contributed by atoms with Crippen molar-refractivity contribution in [1.29, 1.82) is 0 Å². The van der Waals surface area contributed by atoms with E-state index in [0.29, 0.717) is 6.61 Å². The molecule has 0 amide bonds. The molecule has 3 heteroatoms. The van der Waals surface area contributed by atoms with Crippen molar-refractivity contribution < 1.29 is 4.84 Å². The molecule has 1 aromatic heterocycles. The number of pyridine rings is 1. The third-order valence-electron chi connectivity index (χ3n) is 1.20. The molecule has 0 saturated heterocycles. The van der Waals surface area contributed by atoms with Crippen molar-refractivity contribution in [1.82, 2.24) is 4.98 Å². The van der Waals surface area contributed by atoms with Crippen molar-refractivity contribution in [2.45, 2.75) is 20.5 Å². The highest BCUT2D eigenvalue weighted by Crippen LogP contribution is 1.98. The van der Waals surface area contributed by atoms with Gasteiger partial charge in [0, 0.05) is 18.0 Å². The van der Waals surface area contributed by atoms with Crippen LogP contribution in [0, 0.1) is 0 Å². The molecule has 0 N–H and O–H groups in total. The molecule has 1 rings (SSSR count). The van der Waals surface area contributed by atoms with Crippen LogP contribution in [0.4, 0.5) is 0 Å². The lowest BCUT2D eigenvalue weighted by atomic mass is 10.3. The van der Waals surface area contributed by atoms with Crippen molar-refractivity contribution >= 4 is 5.71 Å². The molecule has 0 spiro atoms. The maximum atomic E-state index is 5.03. The molecule has 0 aliphatic carbocycles. The molecule has 0 aromatic carbocycles. The zero-order valence-electron chi connectivity index (χ0n) is 7.32. The van der Waals surface area contributed by atoms with Crippen LogP contribution in [0.5, 0.6) is 0 Å². The second-order valence-corrected chi connectivity index (χ2v) is 2.67. The van der Waals surface area contributed by atoms with Gasteiger partial charge < -0.3 is 4.84 Å². The summed E-state index contributed by atoms with van der Waals surface area (Å²) in [5.41, 5.74) is 1.95. The van der Waals surface area contributed by atoms with Crippen molar-refractivity contribution in [2.24, 2.45) is 5.16 Å². The van der Waals surface area contributed by atoms with Crippen LogP contribution in [0.2, 0.25) is 0 Å². The molecule has 0 unspecified atom stereocenters. The smallest absolute Gasteiger partial charge is 0.143 e. The number of aromatic nitrogens is 1. The van der Waals surface area contributed by atoms with E-state index >= 15 is 0 Å². The molecule has 0 bridgehead atoms. The summed E-state index contributed by atoms with van der Waals surface area (Å²) < 4.78 is 0. The van der Waals surface area contributed by atoms with Crippen LogP contribution in [0.1, 0.15) is 19.4 Å². The number of oxime groups is 1. The third-order valence-corrected chi connectivity index (χ3v) is 1.20. The summed E-state index contributed by atoms with van der Waals surface area (Å²) in [5, 5.41) is 3.81. The lowest BCUT2D eigenvalue weighted by molar-refractivity contribution is 0.130. The first-order valence-corrected chi connectivity index (χ1v) is 3.81. The second-order valence-electron chi connectivity index (χ2n) is 2.67. The zero-order chi connectivity index (χ0) is 8.81. The lowest BCUT2D eigenvalue weighted by Crippen LogP contribution is -1.89. The lowest BCUT2D eigenvalue weighted by Gasteiger charge is -1.98. The van der Waals surface area contributed by atoms with Crippen LogP contribution in [0.25, 0.3) is 0 Å². The van der Waals surface area contributed by atoms with Crippen molar-refractivity contribution in [3.8, 4) is 0 Å². The molecular formula is C9H12N2O. The van der Waals surface area contributed by atoms with Gasteiger partial charge in [-0.05, 0) is 19.9 Å². The Hall–Kier alpha value is -1.38. The van der Waals surface area contributed by atoms with Gasteiger partial charge in [-0.3, -0.25) is 4.98 Å². The summed E-state index contributed by atoms with van der Waals surface area (Å²) in [6, 6.07) is 3.83. The molecule has 0 aliphatic rings. The average Bonchev–Trinajstić information content (AvgIpc) is 2.05. The Kier molecular flexibility index (Phi) is 3.26. The first-order valence-electron chi connectivity index (χ1n) is 3.81. The van der Waals surface area contributed by atoms with E-state index in [1.807, 2.05) is 26.0 Å². The quantitative estimate of drug-likeness (QED) is 0.505. The monoisotopic (exact) mass is 164 g/mol. The number of nitrogens with zero attached hydrogens (tertiary/aromatic N) is 2. The van der Waals surface area contributed by atoms with E-state index in [1.54, 1.807) is 12.4 Å². The number of hydrogen-bond donors (Lipinski definition) is 0. The predicted octanol–water partition coefficient (Wildman–Crippen LogP) is 1.99. The Morgan fingerprint density at radius 3 is 3.00 bits per heavy atom. The van der Waals surface area contributed by atoms with Gasteiger partial charge in [-0.1, -0.05) is 11.2 Å². The summed E-state index contributed by atoms with van der Waals surface area (Å²) in [5.74, 6) is 0. The van der Waals surface area contributed by atoms with Gasteiger partial charge in [-0.15, -0.1) is 0 Å². The van der Waals surface area contributed by atoms with Crippen LogP contribution >= 0.6 is 0 Å². The summed E-state index contributed by atoms with van der Waals surface area (Å²) in [7, 11) is 0. The molecule has 1 aromatic rings. The maximum Gasteiger partial charge on any atom is 0.143 e. The average molecular weight is 164 g/mol. The van der Waals surface area contributed by atoms with Gasteiger partial charge in [0.05, 0.1) is 5.71 Å². The van der Waals surface area contributed by atoms with Crippen LogP contribution in [0.15, 0.2) is 29.7 Å². The van der Waals surface area contributed by atoms with E-state index in [9.17, 15) is 0 Å². The Balaban J connectivity index is 2.39. The van der Waals surface area contributed by atoms with Gasteiger partial charge in [-0.2, -0.15) is 0 Å². The van der Waals surface area contributed by atoms with Crippen LogP contribution in [-0.2, 0) is 11.4 Å². The Morgan fingerprint density at radius 2 is 2.42 bits per heavy atom. The van der Waals surface area contributed by atoms with Crippen molar-refractivity contribution in [3.63, 3.8) is 0 Å². The Labute approximate surface area is 72.1 Å². The van der Waals surface area contributed by atoms with Gasteiger partial charge >= 0.3 is 0 Å². The van der Waals surface area contributed by atoms with Gasteiger partial charge in [0.25, 0.3) is 0 Å². The summed E-state index contributed by atoms with van der Waals surface area (Å²) in [4.78, 5) is 8.98. The molecule has 12 heavy (non-hydrogen) atoms. The standard InChI is InChI=1S/C9H12N2O/c1-8(2)11-12-7-9-4-3-5-10-6-9/h3-6H,7H2,1-2H3. The van der Waals surface area contributed by atoms with E-state index in [-0.39, 0.29) is 0 Å². The van der Waals surface area contributed by atoms with E-state index in [2.05, 4.69) is 10.1 Å². The van der Waals surface area contributed by atoms with Crippen molar-refractivity contribution in [3.05, 3.63) is 30.1 Å². The minimum absolute atomic E-state index is 0.485. The second kappa shape index (κ2) is 4.49. The van der Waals surface area contributed by atoms with E-state index < -0.39 is 0 Å².